The Bertz CT molecular complexity index is 1580. The first-order valence-corrected chi connectivity index (χ1v) is 14.9. The second-order valence-electron chi connectivity index (χ2n) is 10.3. The van der Waals surface area contributed by atoms with Crippen molar-refractivity contribution in [2.24, 2.45) is 0 Å². The molecular formula is C27H26F2N8O3S2. The Kier molecular flexibility index (Phi) is 7.88. The molecule has 11 nitrogen and oxygen atoms in total. The van der Waals surface area contributed by atoms with Crippen molar-refractivity contribution < 1.29 is 23.5 Å². The standard InChI is InChI=1S/C27H26F2N8O3S2/c28-27(29)13-37(14-27)19-8-4-7-18(30-19)12-20(38)31-25-35-33-23(41-25)16-9-10-17(11-16)24-34-36-26(42-24)32-22(40)21(39)15-5-2-1-3-6-15/h1-8,16-17,21,39H,9-14H2,(H,31,35,38)(H,32,36,40)/t16?,17-,21+/m0/s1. The number of hydrogen-bond acceptors (Lipinski definition) is 11. The number of amides is 2. The van der Waals surface area contributed by atoms with Crippen LogP contribution in [-0.4, -0.2) is 61.3 Å². The molecule has 218 valence electrons. The Labute approximate surface area is 247 Å². The molecule has 6 rings (SSSR count). The Morgan fingerprint density at radius 3 is 2.21 bits per heavy atom. The number of benzene rings is 1. The molecule has 1 saturated carbocycles. The van der Waals surface area contributed by atoms with E-state index in [2.05, 4.69) is 36.0 Å². The summed E-state index contributed by atoms with van der Waals surface area (Å²) in [5.74, 6) is -2.87. The highest BCUT2D eigenvalue weighted by Crippen LogP contribution is 2.45. The van der Waals surface area contributed by atoms with Crippen molar-refractivity contribution in [3.63, 3.8) is 0 Å². The molecule has 1 aromatic carbocycles. The van der Waals surface area contributed by atoms with Crippen molar-refractivity contribution in [2.75, 3.05) is 28.6 Å². The molecule has 1 saturated heterocycles. The molecule has 42 heavy (non-hydrogen) atoms. The lowest BCUT2D eigenvalue weighted by atomic mass is 10.1. The third-order valence-electron chi connectivity index (χ3n) is 7.15. The van der Waals surface area contributed by atoms with Crippen LogP contribution in [0.1, 0.15) is 58.5 Å². The fraction of sp³-hybridized carbons (Fsp3) is 0.370. The minimum Gasteiger partial charge on any atom is -0.378 e. The molecule has 4 aromatic rings. The van der Waals surface area contributed by atoms with Gasteiger partial charge in [0.25, 0.3) is 11.8 Å². The topological polar surface area (TPSA) is 146 Å². The van der Waals surface area contributed by atoms with Crippen LogP contribution in [0.5, 0.6) is 0 Å². The first-order chi connectivity index (χ1) is 20.2. The number of carbonyl (C=O) groups is 2. The average molecular weight is 613 g/mol. The van der Waals surface area contributed by atoms with Crippen molar-refractivity contribution >= 4 is 50.6 Å². The van der Waals surface area contributed by atoms with E-state index < -0.39 is 17.9 Å². The molecule has 3 N–H and O–H groups in total. The molecule has 15 heteroatoms. The summed E-state index contributed by atoms with van der Waals surface area (Å²) in [4.78, 5) is 30.9. The number of aliphatic hydroxyl groups excluding tert-OH is 1. The molecule has 0 radical (unpaired) electrons. The largest absolute Gasteiger partial charge is 0.378 e. The molecule has 2 fully saturated rings. The molecule has 3 atom stereocenters. The van der Waals surface area contributed by atoms with Crippen molar-refractivity contribution in [3.05, 3.63) is 69.8 Å². The first-order valence-electron chi connectivity index (χ1n) is 13.3. The summed E-state index contributed by atoms with van der Waals surface area (Å²) in [6, 6.07) is 13.7. The highest BCUT2D eigenvalue weighted by atomic mass is 32.1. The quantitative estimate of drug-likeness (QED) is 0.254. The lowest BCUT2D eigenvalue weighted by Crippen LogP contribution is -2.56. The smallest absolute Gasteiger partial charge is 0.282 e. The zero-order valence-electron chi connectivity index (χ0n) is 22.1. The fourth-order valence-electron chi connectivity index (χ4n) is 5.03. The van der Waals surface area contributed by atoms with E-state index in [1.54, 1.807) is 42.5 Å². The number of rotatable bonds is 9. The van der Waals surface area contributed by atoms with Gasteiger partial charge in [0, 0.05) is 11.8 Å². The zero-order chi connectivity index (χ0) is 29.3. The van der Waals surface area contributed by atoms with Crippen molar-refractivity contribution in [1.29, 1.82) is 0 Å². The molecule has 0 spiro atoms. The number of aromatic nitrogens is 5. The molecule has 1 aliphatic carbocycles. The number of hydrogen-bond donors (Lipinski definition) is 3. The predicted molar refractivity (Wildman–Crippen MR) is 153 cm³/mol. The highest BCUT2D eigenvalue weighted by Gasteiger charge is 2.44. The average Bonchev–Trinajstić information content (AvgIpc) is 3.73. The molecule has 4 heterocycles. The third kappa shape index (κ3) is 6.42. The van der Waals surface area contributed by atoms with Gasteiger partial charge < -0.3 is 15.3 Å². The van der Waals surface area contributed by atoms with Gasteiger partial charge in [0.2, 0.25) is 16.2 Å². The van der Waals surface area contributed by atoms with Crippen molar-refractivity contribution in [3.8, 4) is 0 Å². The van der Waals surface area contributed by atoms with E-state index >= 15 is 0 Å². The summed E-state index contributed by atoms with van der Waals surface area (Å²) >= 11 is 2.61. The molecule has 2 aliphatic rings. The third-order valence-corrected chi connectivity index (χ3v) is 9.16. The number of pyridine rings is 1. The lowest BCUT2D eigenvalue weighted by molar-refractivity contribution is -0.124. The second-order valence-corrected chi connectivity index (χ2v) is 12.3. The Balaban J connectivity index is 1.000. The number of nitrogens with zero attached hydrogens (tertiary/aromatic N) is 6. The Morgan fingerprint density at radius 1 is 0.929 bits per heavy atom. The summed E-state index contributed by atoms with van der Waals surface area (Å²) in [5.41, 5.74) is 0.972. The van der Waals surface area contributed by atoms with Gasteiger partial charge in [-0.1, -0.05) is 59.1 Å². The van der Waals surface area contributed by atoms with Crippen LogP contribution in [0.3, 0.4) is 0 Å². The maximum atomic E-state index is 13.2. The summed E-state index contributed by atoms with van der Waals surface area (Å²) in [6.07, 6.45) is 1.20. The van der Waals surface area contributed by atoms with Crippen molar-refractivity contribution in [2.45, 2.75) is 49.5 Å². The molecular weight excluding hydrogens is 586 g/mol. The van der Waals surface area contributed by atoms with E-state index in [9.17, 15) is 23.5 Å². The number of nitrogens with one attached hydrogen (secondary N) is 2. The van der Waals surface area contributed by atoms with Gasteiger partial charge in [-0.25, -0.2) is 13.8 Å². The highest BCUT2D eigenvalue weighted by molar-refractivity contribution is 7.15. The van der Waals surface area contributed by atoms with Gasteiger partial charge in [-0.05, 0) is 37.0 Å². The van der Waals surface area contributed by atoms with E-state index in [0.717, 1.165) is 29.3 Å². The summed E-state index contributed by atoms with van der Waals surface area (Å²) in [6.45, 7) is -0.748. The zero-order valence-corrected chi connectivity index (χ0v) is 23.7. The van der Waals surface area contributed by atoms with Crippen LogP contribution < -0.4 is 15.5 Å². The van der Waals surface area contributed by atoms with Crippen LogP contribution in [-0.2, 0) is 16.0 Å². The van der Waals surface area contributed by atoms with Crippen LogP contribution >= 0.6 is 22.7 Å². The number of anilines is 3. The normalized spacial score (nSPS) is 20.1. The Morgan fingerprint density at radius 2 is 1.57 bits per heavy atom. The maximum Gasteiger partial charge on any atom is 0.282 e. The number of alkyl halides is 2. The van der Waals surface area contributed by atoms with Gasteiger partial charge in [0.05, 0.1) is 25.2 Å². The van der Waals surface area contributed by atoms with E-state index in [4.69, 9.17) is 0 Å². The van der Waals surface area contributed by atoms with E-state index in [1.165, 1.54) is 27.6 Å². The summed E-state index contributed by atoms with van der Waals surface area (Å²) in [5, 5.41) is 34.8. The first kappa shape index (κ1) is 28.2. The Hall–Kier alpha value is -3.95. The molecule has 2 amide bonds. The van der Waals surface area contributed by atoms with Crippen LogP contribution in [0, 0.1) is 0 Å². The van der Waals surface area contributed by atoms with Crippen LogP contribution in [0.25, 0.3) is 0 Å². The van der Waals surface area contributed by atoms with Crippen molar-refractivity contribution in [1.82, 2.24) is 25.4 Å². The van der Waals surface area contributed by atoms with Gasteiger partial charge in [-0.15, -0.1) is 20.4 Å². The summed E-state index contributed by atoms with van der Waals surface area (Å²) in [7, 11) is 0. The molecule has 0 bridgehead atoms. The van der Waals surface area contributed by atoms with Gasteiger partial charge in [-0.3, -0.25) is 14.9 Å². The SMILES string of the molecule is O=C(Cc1cccc(N2CC(F)(F)C2)n1)Nc1nnc(C2CC[C@H](c3nnc(NC(=O)[C@H](O)c4ccccc4)s3)C2)s1. The van der Waals surface area contributed by atoms with Crippen LogP contribution in [0.4, 0.5) is 24.9 Å². The van der Waals surface area contributed by atoms with Gasteiger partial charge in [0.15, 0.2) is 6.10 Å². The van der Waals surface area contributed by atoms with Gasteiger partial charge in [-0.2, -0.15) is 0 Å². The summed E-state index contributed by atoms with van der Waals surface area (Å²) < 4.78 is 26.4. The van der Waals surface area contributed by atoms with Gasteiger partial charge in [0.1, 0.15) is 15.8 Å². The van der Waals surface area contributed by atoms with Gasteiger partial charge >= 0.3 is 0 Å². The number of aliphatic hydroxyl groups is 1. The minimum absolute atomic E-state index is 0.0171. The van der Waals surface area contributed by atoms with Crippen LogP contribution in [0.2, 0.25) is 0 Å². The maximum absolute atomic E-state index is 13.2. The van der Waals surface area contributed by atoms with E-state index in [-0.39, 0.29) is 37.3 Å². The molecule has 3 aromatic heterocycles. The number of carbonyl (C=O) groups excluding carboxylic acids is 2. The predicted octanol–water partition coefficient (Wildman–Crippen LogP) is 4.14. The minimum atomic E-state index is -2.70. The monoisotopic (exact) mass is 612 g/mol. The fourth-order valence-corrected chi connectivity index (χ4v) is 6.84. The van der Waals surface area contributed by atoms with E-state index in [0.29, 0.717) is 27.3 Å². The van der Waals surface area contributed by atoms with E-state index in [1.807, 2.05) is 6.07 Å². The second kappa shape index (κ2) is 11.7. The molecule has 1 aliphatic heterocycles. The molecule has 1 unspecified atom stereocenters. The van der Waals surface area contributed by atoms with Crippen LogP contribution in [0.15, 0.2) is 48.5 Å². The lowest BCUT2D eigenvalue weighted by Gasteiger charge is -2.39. The number of halogens is 2.